The Bertz CT molecular complexity index is 1490. The van der Waals surface area contributed by atoms with Crippen LogP contribution in [0.1, 0.15) is 11.1 Å². The summed E-state index contributed by atoms with van der Waals surface area (Å²) in [6.45, 7) is -0.423. The van der Waals surface area contributed by atoms with Crippen molar-refractivity contribution in [2.75, 3.05) is 5.32 Å². The molecule has 2 heterocycles. The van der Waals surface area contributed by atoms with E-state index in [0.29, 0.717) is 5.02 Å². The Morgan fingerprint density at radius 1 is 1.21 bits per heavy atom. The third-order valence-corrected chi connectivity index (χ3v) is 4.90. The molecule has 1 N–H and O–H groups in total. The molecule has 0 spiro atoms. The molecular formula is C21H12ClF3N6O2. The quantitative estimate of drug-likeness (QED) is 0.487. The number of alkyl halides is 3. The SMILES string of the molecule is N#Cc1ccc(Cl)cc1NC(=O)Cn1cnc2c(cnn2-c2cccc(C(F)(F)F)c2)c1=O. The second-order valence-corrected chi connectivity index (χ2v) is 7.31. The topological polar surface area (TPSA) is 106 Å². The molecule has 0 atom stereocenters. The van der Waals surface area contributed by atoms with Crippen LogP contribution in [-0.2, 0) is 17.5 Å². The molecule has 12 heteroatoms. The van der Waals surface area contributed by atoms with Crippen LogP contribution in [0.15, 0.2) is 59.8 Å². The van der Waals surface area contributed by atoms with Gasteiger partial charge < -0.3 is 5.32 Å². The number of aromatic nitrogens is 4. The monoisotopic (exact) mass is 472 g/mol. The van der Waals surface area contributed by atoms with Crippen molar-refractivity contribution in [1.29, 1.82) is 5.26 Å². The molecule has 2 aromatic heterocycles. The first kappa shape index (κ1) is 22.0. The average molecular weight is 473 g/mol. The number of carbonyl (C=O) groups excluding carboxylic acids is 1. The van der Waals surface area contributed by atoms with E-state index in [2.05, 4.69) is 15.4 Å². The smallest absolute Gasteiger partial charge is 0.323 e. The Labute approximate surface area is 188 Å². The van der Waals surface area contributed by atoms with E-state index >= 15 is 0 Å². The molecule has 0 aliphatic heterocycles. The molecule has 0 aliphatic carbocycles. The van der Waals surface area contributed by atoms with E-state index in [1.165, 1.54) is 36.5 Å². The normalized spacial score (nSPS) is 11.4. The predicted octanol–water partition coefficient (Wildman–Crippen LogP) is 3.76. The van der Waals surface area contributed by atoms with Gasteiger partial charge in [0, 0.05) is 5.02 Å². The van der Waals surface area contributed by atoms with Crippen molar-refractivity contribution in [3.05, 3.63) is 81.5 Å². The van der Waals surface area contributed by atoms with Gasteiger partial charge in [-0.1, -0.05) is 17.7 Å². The molecule has 0 fully saturated rings. The van der Waals surface area contributed by atoms with Gasteiger partial charge in [-0.3, -0.25) is 14.2 Å². The number of carbonyl (C=O) groups is 1. The van der Waals surface area contributed by atoms with E-state index < -0.39 is 29.8 Å². The highest BCUT2D eigenvalue weighted by Crippen LogP contribution is 2.30. The predicted molar refractivity (Wildman–Crippen MR) is 113 cm³/mol. The molecule has 33 heavy (non-hydrogen) atoms. The standard InChI is InChI=1S/C21H12ClF3N6O2/c22-14-5-4-12(8-26)17(7-14)29-18(32)10-30-11-27-19-16(20(30)33)9-28-31(19)15-3-1-2-13(6-15)21(23,24)25/h1-7,9,11H,10H2,(H,29,32). The van der Waals surface area contributed by atoms with Gasteiger partial charge >= 0.3 is 6.18 Å². The van der Waals surface area contributed by atoms with E-state index in [0.717, 1.165) is 27.7 Å². The van der Waals surface area contributed by atoms with Crippen LogP contribution in [0.2, 0.25) is 5.02 Å². The Morgan fingerprint density at radius 2 is 2.00 bits per heavy atom. The lowest BCUT2D eigenvalue weighted by atomic mass is 10.2. The first-order valence-corrected chi connectivity index (χ1v) is 9.65. The minimum absolute atomic E-state index is 0.0168. The van der Waals surface area contributed by atoms with E-state index in [-0.39, 0.29) is 28.0 Å². The lowest BCUT2D eigenvalue weighted by Gasteiger charge is -2.10. The van der Waals surface area contributed by atoms with Crippen LogP contribution in [0.5, 0.6) is 0 Å². The van der Waals surface area contributed by atoms with E-state index in [9.17, 15) is 22.8 Å². The van der Waals surface area contributed by atoms with Gasteiger partial charge in [0.15, 0.2) is 5.65 Å². The maximum absolute atomic E-state index is 13.0. The maximum Gasteiger partial charge on any atom is 0.416 e. The summed E-state index contributed by atoms with van der Waals surface area (Å²) in [4.78, 5) is 29.3. The summed E-state index contributed by atoms with van der Waals surface area (Å²) >= 11 is 5.90. The second-order valence-electron chi connectivity index (χ2n) is 6.87. The van der Waals surface area contributed by atoms with Gasteiger partial charge in [-0.25, -0.2) is 9.67 Å². The Balaban J connectivity index is 1.63. The highest BCUT2D eigenvalue weighted by molar-refractivity contribution is 6.31. The van der Waals surface area contributed by atoms with E-state index in [4.69, 9.17) is 16.9 Å². The number of rotatable bonds is 4. The van der Waals surface area contributed by atoms with Gasteiger partial charge in [-0.2, -0.15) is 23.5 Å². The van der Waals surface area contributed by atoms with Gasteiger partial charge in [0.25, 0.3) is 5.56 Å². The number of nitrogens with one attached hydrogen (secondary N) is 1. The van der Waals surface area contributed by atoms with Gasteiger partial charge in [-0.05, 0) is 36.4 Å². The fourth-order valence-corrected chi connectivity index (χ4v) is 3.30. The zero-order valence-corrected chi connectivity index (χ0v) is 17.2. The Hall–Kier alpha value is -4.17. The number of anilines is 1. The summed E-state index contributed by atoms with van der Waals surface area (Å²) in [5, 5.41) is 16.0. The minimum atomic E-state index is -4.54. The maximum atomic E-state index is 13.0. The molecule has 0 bridgehead atoms. The summed E-state index contributed by atoms with van der Waals surface area (Å²) in [7, 11) is 0. The number of halogens is 4. The van der Waals surface area contributed by atoms with Crippen molar-refractivity contribution in [3.63, 3.8) is 0 Å². The van der Waals surface area contributed by atoms with Crippen molar-refractivity contribution in [1.82, 2.24) is 19.3 Å². The third kappa shape index (κ3) is 4.42. The molecule has 0 saturated carbocycles. The van der Waals surface area contributed by atoms with Gasteiger partial charge in [0.2, 0.25) is 5.91 Å². The van der Waals surface area contributed by atoms with Gasteiger partial charge in [0.05, 0.1) is 28.7 Å². The molecular weight excluding hydrogens is 461 g/mol. The highest BCUT2D eigenvalue weighted by atomic mass is 35.5. The summed E-state index contributed by atoms with van der Waals surface area (Å²) in [5.74, 6) is -0.609. The largest absolute Gasteiger partial charge is 0.416 e. The average Bonchev–Trinajstić information content (AvgIpc) is 3.20. The van der Waals surface area contributed by atoms with Gasteiger partial charge in [-0.15, -0.1) is 0 Å². The molecule has 0 aliphatic rings. The van der Waals surface area contributed by atoms with Crippen LogP contribution in [0.25, 0.3) is 16.7 Å². The Kier molecular flexibility index (Phi) is 5.61. The van der Waals surface area contributed by atoms with Crippen LogP contribution >= 0.6 is 11.6 Å². The Morgan fingerprint density at radius 3 is 2.73 bits per heavy atom. The summed E-state index contributed by atoms with van der Waals surface area (Å²) in [6, 6.07) is 10.7. The molecule has 4 rings (SSSR count). The summed E-state index contributed by atoms with van der Waals surface area (Å²) in [5.41, 5.74) is -0.985. The van der Waals surface area contributed by atoms with Crippen LogP contribution < -0.4 is 10.9 Å². The van der Waals surface area contributed by atoms with Crippen molar-refractivity contribution in [2.24, 2.45) is 0 Å². The van der Waals surface area contributed by atoms with Crippen LogP contribution in [-0.4, -0.2) is 25.2 Å². The zero-order chi connectivity index (χ0) is 23.8. The lowest BCUT2D eigenvalue weighted by molar-refractivity contribution is -0.137. The number of amides is 1. The molecule has 166 valence electrons. The fraction of sp³-hybridized carbons (Fsp3) is 0.0952. The summed E-state index contributed by atoms with van der Waals surface area (Å²) < 4.78 is 41.2. The molecule has 2 aromatic carbocycles. The molecule has 0 saturated heterocycles. The third-order valence-electron chi connectivity index (χ3n) is 4.66. The number of hydrogen-bond donors (Lipinski definition) is 1. The first-order valence-electron chi connectivity index (χ1n) is 9.27. The molecule has 8 nitrogen and oxygen atoms in total. The van der Waals surface area contributed by atoms with Crippen LogP contribution in [0.4, 0.5) is 18.9 Å². The van der Waals surface area contributed by atoms with Crippen molar-refractivity contribution in [2.45, 2.75) is 12.7 Å². The zero-order valence-electron chi connectivity index (χ0n) is 16.5. The lowest BCUT2D eigenvalue weighted by Crippen LogP contribution is -2.28. The molecule has 4 aromatic rings. The number of nitrogens with zero attached hydrogens (tertiary/aromatic N) is 5. The first-order chi connectivity index (χ1) is 15.7. The van der Waals surface area contributed by atoms with Crippen LogP contribution in [0.3, 0.4) is 0 Å². The van der Waals surface area contributed by atoms with Crippen LogP contribution in [0, 0.1) is 11.3 Å². The number of benzene rings is 2. The molecule has 0 unspecified atom stereocenters. The fourth-order valence-electron chi connectivity index (χ4n) is 3.13. The second kappa shape index (κ2) is 8.40. The molecule has 1 amide bonds. The number of fused-ring (bicyclic) bond motifs is 1. The number of hydrogen-bond acceptors (Lipinski definition) is 5. The van der Waals surface area contributed by atoms with Crippen molar-refractivity contribution >= 4 is 34.2 Å². The van der Waals surface area contributed by atoms with Crippen molar-refractivity contribution in [3.8, 4) is 11.8 Å². The van der Waals surface area contributed by atoms with E-state index in [1.807, 2.05) is 6.07 Å². The molecule has 0 radical (unpaired) electrons. The summed E-state index contributed by atoms with van der Waals surface area (Å²) in [6.07, 6.45) is -2.27. The highest BCUT2D eigenvalue weighted by Gasteiger charge is 2.30. The minimum Gasteiger partial charge on any atom is -0.323 e. The number of nitriles is 1. The van der Waals surface area contributed by atoms with E-state index in [1.54, 1.807) is 0 Å². The van der Waals surface area contributed by atoms with Crippen molar-refractivity contribution < 1.29 is 18.0 Å². The van der Waals surface area contributed by atoms with Gasteiger partial charge in [0.1, 0.15) is 24.3 Å².